The third kappa shape index (κ3) is 3.23. The first-order valence-corrected chi connectivity index (χ1v) is 7.25. The lowest BCUT2D eigenvalue weighted by Crippen LogP contribution is -2.35. The second-order valence-corrected chi connectivity index (χ2v) is 5.12. The van der Waals surface area contributed by atoms with Gasteiger partial charge >= 0.3 is 12.3 Å². The molecule has 25 heavy (non-hydrogen) atoms. The highest BCUT2D eigenvalue weighted by molar-refractivity contribution is 6.08. The molecule has 0 fully saturated rings. The lowest BCUT2D eigenvalue weighted by molar-refractivity contribution is -0.133. The van der Waals surface area contributed by atoms with Gasteiger partial charge in [-0.2, -0.15) is 0 Å². The van der Waals surface area contributed by atoms with Crippen LogP contribution in [0.15, 0.2) is 42.5 Å². The van der Waals surface area contributed by atoms with Crippen molar-refractivity contribution >= 4 is 23.5 Å². The topological polar surface area (TPSA) is 117 Å². The van der Waals surface area contributed by atoms with E-state index in [9.17, 15) is 14.4 Å². The monoisotopic (exact) mass is 342 g/mol. The molecule has 3 N–H and O–H groups in total. The van der Waals surface area contributed by atoms with Crippen molar-refractivity contribution in [3.8, 4) is 11.5 Å². The SMILES string of the molecule is COC(=O)c1ccccc1NC(=O)c1ccc2c(c1)OC(C(N)=O)O2. The number of esters is 1. The van der Waals surface area contributed by atoms with Crippen LogP contribution in [0, 0.1) is 0 Å². The average Bonchev–Trinajstić information content (AvgIpc) is 3.05. The lowest BCUT2D eigenvalue weighted by atomic mass is 10.1. The minimum Gasteiger partial charge on any atom is -0.465 e. The number of nitrogens with one attached hydrogen (secondary N) is 1. The Labute approximate surface area is 142 Å². The van der Waals surface area contributed by atoms with Gasteiger partial charge in [0.1, 0.15) is 0 Å². The summed E-state index contributed by atoms with van der Waals surface area (Å²) in [6.45, 7) is 0. The van der Waals surface area contributed by atoms with Crippen LogP contribution in [0.4, 0.5) is 5.69 Å². The molecule has 0 bridgehead atoms. The minimum atomic E-state index is -1.21. The number of primary amides is 1. The van der Waals surface area contributed by atoms with Crippen molar-refractivity contribution < 1.29 is 28.6 Å². The highest BCUT2D eigenvalue weighted by Gasteiger charge is 2.29. The van der Waals surface area contributed by atoms with Crippen LogP contribution in [0.5, 0.6) is 11.5 Å². The van der Waals surface area contributed by atoms with E-state index >= 15 is 0 Å². The highest BCUT2D eigenvalue weighted by atomic mass is 16.7. The van der Waals surface area contributed by atoms with Gasteiger partial charge in [-0.15, -0.1) is 0 Å². The quantitative estimate of drug-likeness (QED) is 0.809. The van der Waals surface area contributed by atoms with E-state index in [4.69, 9.17) is 15.2 Å². The zero-order valence-corrected chi connectivity index (χ0v) is 13.1. The van der Waals surface area contributed by atoms with E-state index in [2.05, 4.69) is 10.1 Å². The van der Waals surface area contributed by atoms with Gasteiger partial charge in [0.15, 0.2) is 11.5 Å². The molecule has 1 atom stereocenters. The summed E-state index contributed by atoms with van der Waals surface area (Å²) in [6, 6.07) is 10.9. The normalized spacial score (nSPS) is 14.7. The largest absolute Gasteiger partial charge is 0.465 e. The molecule has 0 radical (unpaired) electrons. The Bertz CT molecular complexity index is 864. The maximum absolute atomic E-state index is 12.4. The second-order valence-electron chi connectivity index (χ2n) is 5.12. The van der Waals surface area contributed by atoms with Gasteiger partial charge in [0, 0.05) is 5.56 Å². The van der Waals surface area contributed by atoms with Gasteiger partial charge < -0.3 is 25.3 Å². The Morgan fingerprint density at radius 3 is 2.52 bits per heavy atom. The minimum absolute atomic E-state index is 0.230. The molecule has 1 aliphatic heterocycles. The van der Waals surface area contributed by atoms with E-state index < -0.39 is 24.1 Å². The van der Waals surface area contributed by atoms with Crippen LogP contribution in [0.2, 0.25) is 0 Å². The van der Waals surface area contributed by atoms with Crippen LogP contribution in [0.3, 0.4) is 0 Å². The molecule has 2 amide bonds. The van der Waals surface area contributed by atoms with Crippen LogP contribution in [0.1, 0.15) is 20.7 Å². The van der Waals surface area contributed by atoms with E-state index in [1.807, 2.05) is 0 Å². The van der Waals surface area contributed by atoms with Gasteiger partial charge in [0.2, 0.25) is 0 Å². The molecule has 3 rings (SSSR count). The molecule has 8 nitrogen and oxygen atoms in total. The van der Waals surface area contributed by atoms with E-state index in [1.165, 1.54) is 25.3 Å². The second kappa shape index (κ2) is 6.52. The van der Waals surface area contributed by atoms with Crippen molar-refractivity contribution in [1.82, 2.24) is 0 Å². The van der Waals surface area contributed by atoms with Crippen LogP contribution < -0.4 is 20.5 Å². The van der Waals surface area contributed by atoms with Crippen LogP contribution in [0.25, 0.3) is 0 Å². The number of rotatable bonds is 4. The number of carbonyl (C=O) groups excluding carboxylic acids is 3. The van der Waals surface area contributed by atoms with Crippen LogP contribution in [-0.2, 0) is 9.53 Å². The Morgan fingerprint density at radius 1 is 1.08 bits per heavy atom. The number of amides is 2. The number of nitrogens with two attached hydrogens (primary N) is 1. The number of methoxy groups -OCH3 is 1. The van der Waals surface area contributed by atoms with Crippen molar-refractivity contribution in [2.24, 2.45) is 5.73 Å². The highest BCUT2D eigenvalue weighted by Crippen LogP contribution is 2.35. The van der Waals surface area contributed by atoms with Gasteiger partial charge in [0.05, 0.1) is 18.4 Å². The van der Waals surface area contributed by atoms with Crippen LogP contribution in [-0.4, -0.2) is 31.2 Å². The molecule has 0 saturated heterocycles. The number of benzene rings is 2. The molecule has 1 heterocycles. The summed E-state index contributed by atoms with van der Waals surface area (Å²) in [6.07, 6.45) is -1.21. The number of carbonyl (C=O) groups is 3. The number of anilines is 1. The molecule has 128 valence electrons. The third-order valence-corrected chi connectivity index (χ3v) is 3.49. The number of ether oxygens (including phenoxy) is 3. The van der Waals surface area contributed by atoms with Gasteiger partial charge in [-0.05, 0) is 30.3 Å². The number of hydrogen-bond acceptors (Lipinski definition) is 6. The van der Waals surface area contributed by atoms with E-state index in [0.717, 1.165) is 0 Å². The summed E-state index contributed by atoms with van der Waals surface area (Å²) in [5, 5.41) is 2.64. The molecular formula is C17H14N2O6. The van der Waals surface area contributed by atoms with Gasteiger partial charge in [0.25, 0.3) is 11.8 Å². The Balaban J connectivity index is 1.81. The first kappa shape index (κ1) is 16.3. The standard InChI is InChI=1S/C17H14N2O6/c1-23-16(22)10-4-2-3-5-11(10)19-15(21)9-6-7-12-13(8-9)25-17(24-12)14(18)20/h2-8,17H,1H3,(H2,18,20)(H,19,21). The first-order valence-electron chi connectivity index (χ1n) is 7.25. The molecular weight excluding hydrogens is 328 g/mol. The van der Waals surface area contributed by atoms with Gasteiger partial charge in [-0.25, -0.2) is 4.79 Å². The summed E-state index contributed by atoms with van der Waals surface area (Å²) >= 11 is 0. The summed E-state index contributed by atoms with van der Waals surface area (Å²) in [5.41, 5.74) is 5.92. The van der Waals surface area contributed by atoms with Crippen molar-refractivity contribution in [3.63, 3.8) is 0 Å². The Hall–Kier alpha value is -3.55. The summed E-state index contributed by atoms with van der Waals surface area (Å²) in [5.74, 6) is -1.25. The maximum Gasteiger partial charge on any atom is 0.339 e. The predicted octanol–water partition coefficient (Wildman–Crippen LogP) is 1.31. The van der Waals surface area contributed by atoms with E-state index in [1.54, 1.807) is 24.3 Å². The number of fused-ring (bicyclic) bond motifs is 1. The smallest absolute Gasteiger partial charge is 0.339 e. The average molecular weight is 342 g/mol. The maximum atomic E-state index is 12.4. The fraction of sp³-hybridized carbons (Fsp3) is 0.118. The number of hydrogen-bond donors (Lipinski definition) is 2. The predicted molar refractivity (Wildman–Crippen MR) is 86.4 cm³/mol. The molecule has 0 saturated carbocycles. The zero-order valence-electron chi connectivity index (χ0n) is 13.1. The molecule has 8 heteroatoms. The Morgan fingerprint density at radius 2 is 1.80 bits per heavy atom. The molecule has 2 aromatic rings. The van der Waals surface area contributed by atoms with Crippen molar-refractivity contribution in [2.75, 3.05) is 12.4 Å². The lowest BCUT2D eigenvalue weighted by Gasteiger charge is -2.10. The molecule has 0 aromatic heterocycles. The van der Waals surface area contributed by atoms with E-state index in [-0.39, 0.29) is 16.9 Å². The van der Waals surface area contributed by atoms with Crippen molar-refractivity contribution in [2.45, 2.75) is 6.29 Å². The van der Waals surface area contributed by atoms with Gasteiger partial charge in [-0.1, -0.05) is 12.1 Å². The molecule has 1 unspecified atom stereocenters. The van der Waals surface area contributed by atoms with Crippen molar-refractivity contribution in [3.05, 3.63) is 53.6 Å². The van der Waals surface area contributed by atoms with E-state index in [0.29, 0.717) is 11.4 Å². The zero-order chi connectivity index (χ0) is 18.0. The fourth-order valence-electron chi connectivity index (χ4n) is 2.28. The van der Waals surface area contributed by atoms with Gasteiger partial charge in [-0.3, -0.25) is 9.59 Å². The molecule has 0 spiro atoms. The summed E-state index contributed by atoms with van der Waals surface area (Å²) in [7, 11) is 1.26. The first-order chi connectivity index (χ1) is 12.0. The molecule has 1 aliphatic rings. The summed E-state index contributed by atoms with van der Waals surface area (Å²) < 4.78 is 15.1. The molecule has 2 aromatic carbocycles. The number of para-hydroxylation sites is 1. The fourth-order valence-corrected chi connectivity index (χ4v) is 2.28. The van der Waals surface area contributed by atoms with Crippen LogP contribution >= 0.6 is 0 Å². The third-order valence-electron chi connectivity index (χ3n) is 3.49. The Kier molecular flexibility index (Phi) is 4.25. The molecule has 0 aliphatic carbocycles. The summed E-state index contributed by atoms with van der Waals surface area (Å²) in [4.78, 5) is 35.3. The van der Waals surface area contributed by atoms with Crippen molar-refractivity contribution in [1.29, 1.82) is 0 Å².